The summed E-state index contributed by atoms with van der Waals surface area (Å²) < 4.78 is 0. The number of nitrogens with zero attached hydrogens (tertiary/aromatic N) is 1. The van der Waals surface area contributed by atoms with Gasteiger partial charge in [0.1, 0.15) is 6.04 Å². The van der Waals surface area contributed by atoms with E-state index < -0.39 is 12.0 Å². The van der Waals surface area contributed by atoms with E-state index in [1.165, 1.54) is 0 Å². The maximum absolute atomic E-state index is 11.7. The van der Waals surface area contributed by atoms with Crippen molar-refractivity contribution in [2.75, 3.05) is 20.1 Å². The fourth-order valence-electron chi connectivity index (χ4n) is 1.82. The van der Waals surface area contributed by atoms with Crippen LogP contribution in [-0.2, 0) is 9.59 Å². The molecule has 1 unspecified atom stereocenters. The van der Waals surface area contributed by atoms with Crippen molar-refractivity contribution >= 4 is 11.9 Å². The highest BCUT2D eigenvalue weighted by Crippen LogP contribution is 2.11. The number of hydrogen-bond donors (Lipinski definition) is 3. The van der Waals surface area contributed by atoms with E-state index in [1.807, 2.05) is 0 Å². The van der Waals surface area contributed by atoms with Crippen molar-refractivity contribution in [1.29, 1.82) is 0 Å². The highest BCUT2D eigenvalue weighted by Gasteiger charge is 2.24. The summed E-state index contributed by atoms with van der Waals surface area (Å²) in [6, 6.07) is -0.897. The van der Waals surface area contributed by atoms with Crippen LogP contribution < -0.4 is 11.1 Å². The van der Waals surface area contributed by atoms with Gasteiger partial charge in [0, 0.05) is 13.1 Å². The second kappa shape index (κ2) is 5.81. The Balaban J connectivity index is 2.43. The molecule has 0 aromatic carbocycles. The molecule has 1 aliphatic rings. The summed E-state index contributed by atoms with van der Waals surface area (Å²) in [5.41, 5.74) is 5.33. The second-order valence-electron chi connectivity index (χ2n) is 4.13. The SMILES string of the molecule is CN(C(=O)CC(N)C(=O)O)C1CCNCC1. The number of carbonyl (C=O) groups is 2. The first-order valence-electron chi connectivity index (χ1n) is 5.47. The van der Waals surface area contributed by atoms with Gasteiger partial charge in [0.25, 0.3) is 0 Å². The van der Waals surface area contributed by atoms with Gasteiger partial charge in [-0.05, 0) is 25.9 Å². The molecule has 1 fully saturated rings. The summed E-state index contributed by atoms with van der Waals surface area (Å²) in [5.74, 6) is -1.33. The molecule has 0 aliphatic carbocycles. The van der Waals surface area contributed by atoms with Crippen LogP contribution in [0.15, 0.2) is 0 Å². The molecule has 0 radical (unpaired) electrons. The van der Waals surface area contributed by atoms with Crippen molar-refractivity contribution in [3.63, 3.8) is 0 Å². The Morgan fingerprint density at radius 1 is 1.50 bits per heavy atom. The zero-order valence-corrected chi connectivity index (χ0v) is 9.48. The normalized spacial score (nSPS) is 19.1. The molecule has 4 N–H and O–H groups in total. The molecule has 0 aromatic rings. The minimum Gasteiger partial charge on any atom is -0.480 e. The molecule has 1 rings (SSSR count). The zero-order chi connectivity index (χ0) is 12.1. The van der Waals surface area contributed by atoms with Crippen LogP contribution in [0.2, 0.25) is 0 Å². The quantitative estimate of drug-likeness (QED) is 0.574. The molecular formula is C10H19N3O3. The number of rotatable bonds is 4. The molecule has 6 nitrogen and oxygen atoms in total. The third-order valence-electron chi connectivity index (χ3n) is 2.96. The van der Waals surface area contributed by atoms with Gasteiger partial charge in [0.2, 0.25) is 5.91 Å². The van der Waals surface area contributed by atoms with Gasteiger partial charge in [0.15, 0.2) is 0 Å². The van der Waals surface area contributed by atoms with Gasteiger partial charge in [-0.15, -0.1) is 0 Å². The monoisotopic (exact) mass is 229 g/mol. The zero-order valence-electron chi connectivity index (χ0n) is 9.48. The van der Waals surface area contributed by atoms with Crippen molar-refractivity contribution in [2.45, 2.75) is 31.3 Å². The minimum atomic E-state index is -1.13. The van der Waals surface area contributed by atoms with Crippen molar-refractivity contribution in [1.82, 2.24) is 10.2 Å². The summed E-state index contributed by atoms with van der Waals surface area (Å²) in [4.78, 5) is 23.9. The molecule has 0 aromatic heterocycles. The lowest BCUT2D eigenvalue weighted by molar-refractivity contribution is -0.142. The summed E-state index contributed by atoms with van der Waals surface area (Å²) in [6.07, 6.45) is 1.69. The topological polar surface area (TPSA) is 95.7 Å². The van der Waals surface area contributed by atoms with Gasteiger partial charge in [-0.2, -0.15) is 0 Å². The summed E-state index contributed by atoms with van der Waals surface area (Å²) in [5, 5.41) is 11.8. The molecule has 1 aliphatic heterocycles. The maximum Gasteiger partial charge on any atom is 0.321 e. The number of carboxylic acids is 1. The Morgan fingerprint density at radius 2 is 2.06 bits per heavy atom. The van der Waals surface area contributed by atoms with Crippen LogP contribution in [0.3, 0.4) is 0 Å². The Bertz CT molecular complexity index is 264. The van der Waals surface area contributed by atoms with Gasteiger partial charge in [0.05, 0.1) is 6.42 Å². The highest BCUT2D eigenvalue weighted by atomic mass is 16.4. The fraction of sp³-hybridized carbons (Fsp3) is 0.800. The Labute approximate surface area is 94.8 Å². The predicted octanol–water partition coefficient (Wildman–Crippen LogP) is -1.00. The number of nitrogens with two attached hydrogens (primary N) is 1. The van der Waals surface area contributed by atoms with Crippen LogP contribution in [0, 0.1) is 0 Å². The van der Waals surface area contributed by atoms with E-state index in [-0.39, 0.29) is 18.4 Å². The van der Waals surface area contributed by atoms with Gasteiger partial charge >= 0.3 is 5.97 Å². The van der Waals surface area contributed by atoms with Crippen molar-refractivity contribution in [3.8, 4) is 0 Å². The first-order chi connectivity index (χ1) is 7.52. The predicted molar refractivity (Wildman–Crippen MR) is 58.9 cm³/mol. The molecular weight excluding hydrogens is 210 g/mol. The van der Waals surface area contributed by atoms with E-state index in [0.717, 1.165) is 25.9 Å². The second-order valence-corrected chi connectivity index (χ2v) is 4.13. The van der Waals surface area contributed by atoms with E-state index in [9.17, 15) is 9.59 Å². The lowest BCUT2D eigenvalue weighted by Gasteiger charge is -2.32. The Morgan fingerprint density at radius 3 is 2.56 bits per heavy atom. The van der Waals surface area contributed by atoms with Gasteiger partial charge < -0.3 is 21.1 Å². The number of aliphatic carboxylic acids is 1. The van der Waals surface area contributed by atoms with Crippen LogP contribution >= 0.6 is 0 Å². The van der Waals surface area contributed by atoms with Crippen LogP contribution in [0.1, 0.15) is 19.3 Å². The van der Waals surface area contributed by atoms with Gasteiger partial charge in [-0.25, -0.2) is 0 Å². The molecule has 6 heteroatoms. The molecule has 16 heavy (non-hydrogen) atoms. The average Bonchev–Trinajstić information content (AvgIpc) is 2.28. The number of carbonyl (C=O) groups excluding carboxylic acids is 1. The number of nitrogens with one attached hydrogen (secondary N) is 1. The lowest BCUT2D eigenvalue weighted by Crippen LogP contribution is -2.46. The number of piperidine rings is 1. The van der Waals surface area contributed by atoms with Crippen LogP contribution in [0.4, 0.5) is 0 Å². The van der Waals surface area contributed by atoms with Crippen molar-refractivity contribution in [2.24, 2.45) is 5.73 Å². The fourth-order valence-corrected chi connectivity index (χ4v) is 1.82. The largest absolute Gasteiger partial charge is 0.480 e. The number of carboxylic acid groups (broad SMARTS) is 1. The van der Waals surface area contributed by atoms with E-state index in [4.69, 9.17) is 10.8 Å². The van der Waals surface area contributed by atoms with E-state index in [2.05, 4.69) is 5.32 Å². The standard InChI is InChI=1S/C10H19N3O3/c1-13(7-2-4-12-5-3-7)9(14)6-8(11)10(15)16/h7-8,12H,2-6,11H2,1H3,(H,15,16). The lowest BCUT2D eigenvalue weighted by atomic mass is 10.0. The van der Waals surface area contributed by atoms with E-state index >= 15 is 0 Å². The molecule has 0 bridgehead atoms. The first-order valence-corrected chi connectivity index (χ1v) is 5.47. The number of amides is 1. The summed E-state index contributed by atoms with van der Waals surface area (Å²) in [6.45, 7) is 1.79. The smallest absolute Gasteiger partial charge is 0.321 e. The first kappa shape index (κ1) is 12.9. The molecule has 0 saturated carbocycles. The van der Waals surface area contributed by atoms with Crippen molar-refractivity contribution in [3.05, 3.63) is 0 Å². The van der Waals surface area contributed by atoms with Gasteiger partial charge in [-0.1, -0.05) is 0 Å². The van der Waals surface area contributed by atoms with Gasteiger partial charge in [-0.3, -0.25) is 9.59 Å². The summed E-state index contributed by atoms with van der Waals surface area (Å²) >= 11 is 0. The van der Waals surface area contributed by atoms with Crippen LogP contribution in [0.5, 0.6) is 0 Å². The molecule has 1 heterocycles. The highest BCUT2D eigenvalue weighted by molar-refractivity contribution is 5.84. The number of hydrogen-bond acceptors (Lipinski definition) is 4. The molecule has 92 valence electrons. The Kier molecular flexibility index (Phi) is 4.70. The van der Waals surface area contributed by atoms with Crippen molar-refractivity contribution < 1.29 is 14.7 Å². The molecule has 0 spiro atoms. The van der Waals surface area contributed by atoms with E-state index in [0.29, 0.717) is 0 Å². The molecule has 1 amide bonds. The molecule has 1 atom stereocenters. The van der Waals surface area contributed by atoms with Crippen LogP contribution in [0.25, 0.3) is 0 Å². The Hall–Kier alpha value is -1.14. The minimum absolute atomic E-state index is 0.129. The summed E-state index contributed by atoms with van der Waals surface area (Å²) in [7, 11) is 1.72. The maximum atomic E-state index is 11.7. The van der Waals surface area contributed by atoms with Crippen LogP contribution in [-0.4, -0.2) is 54.1 Å². The third kappa shape index (κ3) is 3.46. The molecule has 1 saturated heterocycles. The third-order valence-corrected chi connectivity index (χ3v) is 2.96. The average molecular weight is 229 g/mol. The van der Waals surface area contributed by atoms with E-state index in [1.54, 1.807) is 11.9 Å².